The molecule has 3 N–H and O–H groups in total. The van der Waals surface area contributed by atoms with Gasteiger partial charge in [-0.25, -0.2) is 4.98 Å². The van der Waals surface area contributed by atoms with E-state index in [4.69, 9.17) is 10.2 Å². The van der Waals surface area contributed by atoms with Crippen molar-refractivity contribution in [3.8, 4) is 11.8 Å². The Balaban J connectivity index is 2.23. The number of nitrogens with one attached hydrogen (secondary N) is 1. The summed E-state index contributed by atoms with van der Waals surface area (Å²) in [5.41, 5.74) is 8.37. The average Bonchev–Trinajstić information content (AvgIpc) is 2.82. The third-order valence-corrected chi connectivity index (χ3v) is 2.62. The molecule has 5 heteroatoms. The first-order chi connectivity index (χ1) is 9.60. The van der Waals surface area contributed by atoms with Gasteiger partial charge in [0.2, 0.25) is 5.76 Å². The summed E-state index contributed by atoms with van der Waals surface area (Å²) in [6, 6.07) is 5.58. The first kappa shape index (κ1) is 13.8. The van der Waals surface area contributed by atoms with Crippen molar-refractivity contribution in [2.45, 2.75) is 13.8 Å². The highest BCUT2D eigenvalue weighted by molar-refractivity contribution is 6.03. The number of hydrogen-bond donors (Lipinski definition) is 2. The smallest absolute Gasteiger partial charge is 0.293 e. The minimum absolute atomic E-state index is 0.209. The van der Waals surface area contributed by atoms with Crippen molar-refractivity contribution in [1.29, 1.82) is 0 Å². The maximum absolute atomic E-state index is 12.0. The Labute approximate surface area is 117 Å². The fourth-order valence-electron chi connectivity index (χ4n) is 1.79. The molecule has 0 radical (unpaired) electrons. The molecule has 0 aliphatic carbocycles. The Kier molecular flexibility index (Phi) is 4.18. The second-order valence-electron chi connectivity index (χ2n) is 4.31. The molecule has 0 fully saturated rings. The third kappa shape index (κ3) is 3.25. The van der Waals surface area contributed by atoms with Gasteiger partial charge in [-0.15, -0.1) is 0 Å². The van der Waals surface area contributed by atoms with E-state index in [1.54, 1.807) is 13.0 Å². The molecule has 1 heterocycles. The van der Waals surface area contributed by atoms with E-state index >= 15 is 0 Å². The maximum Gasteiger partial charge on any atom is 0.293 e. The molecule has 5 nitrogen and oxygen atoms in total. The quantitative estimate of drug-likeness (QED) is 0.815. The molecular weight excluding hydrogens is 254 g/mol. The fourth-order valence-corrected chi connectivity index (χ4v) is 1.79. The van der Waals surface area contributed by atoms with Crippen LogP contribution in [0.4, 0.5) is 5.69 Å². The van der Waals surface area contributed by atoms with Crippen molar-refractivity contribution >= 4 is 11.6 Å². The number of anilines is 1. The summed E-state index contributed by atoms with van der Waals surface area (Å²) < 4.78 is 5.06. The lowest BCUT2D eigenvalue weighted by Gasteiger charge is -2.06. The molecule has 1 aromatic carbocycles. The van der Waals surface area contributed by atoms with Crippen molar-refractivity contribution in [1.82, 2.24) is 4.98 Å². The number of carbonyl (C=O) groups excluding carboxylic acids is 1. The van der Waals surface area contributed by atoms with E-state index in [0.29, 0.717) is 17.9 Å². The van der Waals surface area contributed by atoms with Crippen molar-refractivity contribution < 1.29 is 9.21 Å². The van der Waals surface area contributed by atoms with E-state index in [1.807, 2.05) is 19.1 Å². The summed E-state index contributed by atoms with van der Waals surface area (Å²) in [7, 11) is 0. The molecule has 2 aromatic rings. The number of nitrogens with two attached hydrogens (primary N) is 1. The van der Waals surface area contributed by atoms with Gasteiger partial charge < -0.3 is 15.5 Å². The molecule has 2 rings (SSSR count). The number of carbonyl (C=O) groups is 1. The molecule has 0 aliphatic rings. The van der Waals surface area contributed by atoms with Gasteiger partial charge >= 0.3 is 0 Å². The van der Waals surface area contributed by atoms with Crippen LogP contribution in [0.2, 0.25) is 0 Å². The summed E-state index contributed by atoms with van der Waals surface area (Å²) in [6.45, 7) is 3.95. The van der Waals surface area contributed by atoms with Gasteiger partial charge in [0.15, 0.2) is 6.39 Å². The highest BCUT2D eigenvalue weighted by Crippen LogP contribution is 2.16. The van der Waals surface area contributed by atoms with Gasteiger partial charge in [0, 0.05) is 11.3 Å². The highest BCUT2D eigenvalue weighted by Gasteiger charge is 2.14. The van der Waals surface area contributed by atoms with Crippen LogP contribution in [-0.4, -0.2) is 17.4 Å². The second-order valence-corrected chi connectivity index (χ2v) is 4.31. The first-order valence-corrected chi connectivity index (χ1v) is 6.12. The number of benzene rings is 1. The Bertz CT molecular complexity index is 693. The fraction of sp³-hybridized carbons (Fsp3) is 0.200. The van der Waals surface area contributed by atoms with E-state index in [9.17, 15) is 4.79 Å². The maximum atomic E-state index is 12.0. The van der Waals surface area contributed by atoms with E-state index in [1.165, 1.54) is 6.39 Å². The number of nitrogens with zero attached hydrogens (tertiary/aromatic N) is 1. The summed E-state index contributed by atoms with van der Waals surface area (Å²) >= 11 is 0. The largest absolute Gasteiger partial charge is 0.438 e. The Morgan fingerprint density at radius 1 is 1.40 bits per heavy atom. The van der Waals surface area contributed by atoms with Crippen LogP contribution in [0.5, 0.6) is 0 Å². The molecule has 1 amide bonds. The monoisotopic (exact) mass is 269 g/mol. The number of aromatic nitrogens is 1. The molecule has 20 heavy (non-hydrogen) atoms. The predicted octanol–water partition coefficient (Wildman–Crippen LogP) is 1.85. The minimum Gasteiger partial charge on any atom is -0.438 e. The number of hydrogen-bond acceptors (Lipinski definition) is 4. The van der Waals surface area contributed by atoms with Gasteiger partial charge in [0.05, 0.1) is 12.2 Å². The standard InChI is InChI=1S/C15H15N3O2/c1-10-6-12(4-3-5-16)8-13(7-10)18-15(19)14-11(2)17-9-20-14/h6-9H,5,16H2,1-2H3,(H,18,19). The summed E-state index contributed by atoms with van der Waals surface area (Å²) in [4.78, 5) is 15.9. The van der Waals surface area contributed by atoms with E-state index in [0.717, 1.165) is 11.1 Å². The van der Waals surface area contributed by atoms with Gasteiger partial charge in [0.1, 0.15) is 0 Å². The SMILES string of the molecule is Cc1cc(C#CCN)cc(NC(=O)c2ocnc2C)c1. The summed E-state index contributed by atoms with van der Waals surface area (Å²) in [5.74, 6) is 5.61. The van der Waals surface area contributed by atoms with E-state index in [-0.39, 0.29) is 11.7 Å². The molecule has 0 spiro atoms. The van der Waals surface area contributed by atoms with Crippen LogP contribution in [0, 0.1) is 25.7 Å². The summed E-state index contributed by atoms with van der Waals surface area (Å²) in [6.07, 6.45) is 1.25. The zero-order valence-electron chi connectivity index (χ0n) is 11.4. The molecule has 0 atom stereocenters. The third-order valence-electron chi connectivity index (χ3n) is 2.62. The molecule has 1 aromatic heterocycles. The van der Waals surface area contributed by atoms with E-state index < -0.39 is 0 Å². The van der Waals surface area contributed by atoms with Crippen molar-refractivity contribution in [3.05, 3.63) is 47.2 Å². The van der Waals surface area contributed by atoms with Crippen LogP contribution in [0.1, 0.15) is 27.4 Å². The minimum atomic E-state index is -0.330. The van der Waals surface area contributed by atoms with Crippen LogP contribution in [0.25, 0.3) is 0 Å². The molecule has 0 saturated heterocycles. The van der Waals surface area contributed by atoms with Crippen molar-refractivity contribution in [3.63, 3.8) is 0 Å². The molecule has 0 aliphatic heterocycles. The lowest BCUT2D eigenvalue weighted by atomic mass is 10.1. The van der Waals surface area contributed by atoms with Gasteiger partial charge in [-0.05, 0) is 37.6 Å². The van der Waals surface area contributed by atoms with Gasteiger partial charge in [-0.1, -0.05) is 11.8 Å². The molecule has 102 valence electrons. The number of aryl methyl sites for hydroxylation is 2. The van der Waals surface area contributed by atoms with Crippen molar-refractivity contribution in [2.24, 2.45) is 5.73 Å². The van der Waals surface area contributed by atoms with Gasteiger partial charge in [-0.3, -0.25) is 4.79 Å². The van der Waals surface area contributed by atoms with Gasteiger partial charge in [0.25, 0.3) is 5.91 Å². The lowest BCUT2D eigenvalue weighted by Crippen LogP contribution is -2.12. The normalized spacial score (nSPS) is 9.75. The second kappa shape index (κ2) is 6.04. The molecule has 0 unspecified atom stereocenters. The van der Waals surface area contributed by atoms with Crippen LogP contribution < -0.4 is 11.1 Å². The Hall–Kier alpha value is -2.58. The Morgan fingerprint density at radius 3 is 2.85 bits per heavy atom. The van der Waals surface area contributed by atoms with Gasteiger partial charge in [-0.2, -0.15) is 0 Å². The molecule has 0 bridgehead atoms. The summed E-state index contributed by atoms with van der Waals surface area (Å²) in [5, 5.41) is 2.77. The van der Waals surface area contributed by atoms with Crippen LogP contribution in [0.15, 0.2) is 29.0 Å². The Morgan fingerprint density at radius 2 is 2.20 bits per heavy atom. The number of rotatable bonds is 2. The first-order valence-electron chi connectivity index (χ1n) is 6.12. The van der Waals surface area contributed by atoms with Crippen LogP contribution >= 0.6 is 0 Å². The zero-order chi connectivity index (χ0) is 14.5. The average molecular weight is 269 g/mol. The van der Waals surface area contributed by atoms with E-state index in [2.05, 4.69) is 22.1 Å². The van der Waals surface area contributed by atoms with Crippen LogP contribution in [0.3, 0.4) is 0 Å². The highest BCUT2D eigenvalue weighted by atomic mass is 16.3. The number of oxazole rings is 1. The topological polar surface area (TPSA) is 81.1 Å². The lowest BCUT2D eigenvalue weighted by molar-refractivity contribution is 0.0996. The zero-order valence-corrected chi connectivity index (χ0v) is 11.4. The van der Waals surface area contributed by atoms with Crippen LogP contribution in [-0.2, 0) is 0 Å². The van der Waals surface area contributed by atoms with Crippen molar-refractivity contribution in [2.75, 3.05) is 11.9 Å². The predicted molar refractivity (Wildman–Crippen MR) is 76.3 cm³/mol. The molecular formula is C15H15N3O2. The number of amides is 1. The molecule has 0 saturated carbocycles.